The highest BCUT2D eigenvalue weighted by Crippen LogP contribution is 2.29. The number of carboxylic acid groups (broad SMARTS) is 1. The number of amides is 1. The molecule has 5 N–H and O–H groups in total. The third kappa shape index (κ3) is 7.09. The monoisotopic (exact) mass is 423 g/mol. The maximum Gasteiger partial charge on any atom is 0.305 e. The van der Waals surface area contributed by atoms with Gasteiger partial charge in [0, 0.05) is 0 Å². The Morgan fingerprint density at radius 1 is 1.14 bits per heavy atom. The summed E-state index contributed by atoms with van der Waals surface area (Å²) in [6, 6.07) is 10.8. The molecule has 0 spiro atoms. The smallest absolute Gasteiger partial charge is 0.305 e. The zero-order chi connectivity index (χ0) is 22.0. The van der Waals surface area contributed by atoms with Gasteiger partial charge in [-0.1, -0.05) is 32.0 Å². The highest BCUT2D eigenvalue weighted by atomic mass is 32.2. The van der Waals surface area contributed by atoms with Crippen molar-refractivity contribution in [1.82, 2.24) is 0 Å². The molecule has 0 unspecified atom stereocenters. The summed E-state index contributed by atoms with van der Waals surface area (Å²) >= 11 is 0. The van der Waals surface area contributed by atoms with Crippen LogP contribution in [0.15, 0.2) is 53.4 Å². The number of carbonyl (C=O) groups excluding carboxylic acids is 1. The number of sulfonamides is 1. The average Bonchev–Trinajstić information content (AvgIpc) is 2.69. The molecule has 0 bridgehead atoms. The Labute approximate surface area is 169 Å². The fourth-order valence-electron chi connectivity index (χ4n) is 2.19. The SMILES string of the molecule is CC.COc1ccc(NS(=O)(=O)c2ccccc2)cc1NC(=O)[C@@H](N)CC(=O)O. The number of rotatable bonds is 8. The van der Waals surface area contributed by atoms with Crippen molar-refractivity contribution >= 4 is 33.3 Å². The lowest BCUT2D eigenvalue weighted by Crippen LogP contribution is -2.37. The van der Waals surface area contributed by atoms with Gasteiger partial charge >= 0.3 is 5.97 Å². The predicted molar refractivity (Wildman–Crippen MR) is 110 cm³/mol. The number of nitrogens with one attached hydrogen (secondary N) is 2. The molecule has 158 valence electrons. The summed E-state index contributed by atoms with van der Waals surface area (Å²) in [7, 11) is -2.45. The van der Waals surface area contributed by atoms with Crippen LogP contribution in [0.25, 0.3) is 0 Å². The molecule has 0 aromatic heterocycles. The van der Waals surface area contributed by atoms with Crippen LogP contribution in [0.1, 0.15) is 20.3 Å². The van der Waals surface area contributed by atoms with Gasteiger partial charge in [-0.2, -0.15) is 0 Å². The molecule has 2 aromatic rings. The number of ether oxygens (including phenoxy) is 1. The summed E-state index contributed by atoms with van der Waals surface area (Å²) in [5.74, 6) is -1.69. The second kappa shape index (κ2) is 11.0. The van der Waals surface area contributed by atoms with E-state index in [4.69, 9.17) is 15.6 Å². The minimum absolute atomic E-state index is 0.0786. The largest absolute Gasteiger partial charge is 0.495 e. The van der Waals surface area contributed by atoms with Gasteiger partial charge in [0.25, 0.3) is 10.0 Å². The molecule has 0 saturated carbocycles. The van der Waals surface area contributed by atoms with Crippen molar-refractivity contribution in [3.8, 4) is 5.75 Å². The fourth-order valence-corrected chi connectivity index (χ4v) is 3.26. The molecule has 2 aromatic carbocycles. The molecular formula is C19H25N3O6S. The number of carbonyl (C=O) groups is 2. The maximum atomic E-state index is 12.4. The van der Waals surface area contributed by atoms with Gasteiger partial charge in [0.15, 0.2) is 0 Å². The molecule has 0 radical (unpaired) electrons. The lowest BCUT2D eigenvalue weighted by atomic mass is 10.2. The van der Waals surface area contributed by atoms with Gasteiger partial charge in [0.2, 0.25) is 5.91 Å². The number of anilines is 2. The second-order valence-corrected chi connectivity index (χ2v) is 7.21. The Hall–Kier alpha value is -3.11. The van der Waals surface area contributed by atoms with Gasteiger partial charge in [-0.05, 0) is 30.3 Å². The lowest BCUT2D eigenvalue weighted by molar-refractivity contribution is -0.138. The van der Waals surface area contributed by atoms with Crippen molar-refractivity contribution in [1.29, 1.82) is 0 Å². The predicted octanol–water partition coefficient (Wildman–Crippen LogP) is 2.26. The maximum absolute atomic E-state index is 12.4. The molecule has 0 heterocycles. The van der Waals surface area contributed by atoms with E-state index in [9.17, 15) is 18.0 Å². The van der Waals surface area contributed by atoms with E-state index in [1.165, 1.54) is 37.4 Å². The van der Waals surface area contributed by atoms with Crippen LogP contribution in [0, 0.1) is 0 Å². The van der Waals surface area contributed by atoms with Crippen molar-refractivity contribution < 1.29 is 27.9 Å². The van der Waals surface area contributed by atoms with E-state index >= 15 is 0 Å². The Kier molecular flexibility index (Phi) is 9.10. The Balaban J connectivity index is 0.00000204. The van der Waals surface area contributed by atoms with Crippen LogP contribution in [0.4, 0.5) is 11.4 Å². The number of methoxy groups -OCH3 is 1. The summed E-state index contributed by atoms with van der Waals surface area (Å²) in [5.41, 5.74) is 5.86. The quantitative estimate of drug-likeness (QED) is 0.509. The van der Waals surface area contributed by atoms with E-state index in [2.05, 4.69) is 10.0 Å². The van der Waals surface area contributed by atoms with Crippen molar-refractivity contribution in [2.75, 3.05) is 17.1 Å². The molecule has 2 rings (SSSR count). The first-order valence-electron chi connectivity index (χ1n) is 8.77. The van der Waals surface area contributed by atoms with Gasteiger partial charge in [-0.3, -0.25) is 14.3 Å². The van der Waals surface area contributed by atoms with Gasteiger partial charge in [0.1, 0.15) is 5.75 Å². The Morgan fingerprint density at radius 2 is 1.76 bits per heavy atom. The van der Waals surface area contributed by atoms with Crippen molar-refractivity contribution in [2.24, 2.45) is 5.73 Å². The molecule has 0 aliphatic rings. The molecule has 9 nitrogen and oxygen atoms in total. The first kappa shape index (κ1) is 23.9. The number of aliphatic carboxylic acids is 1. The average molecular weight is 423 g/mol. The number of hydrogen-bond acceptors (Lipinski definition) is 6. The molecule has 10 heteroatoms. The lowest BCUT2D eigenvalue weighted by Gasteiger charge is -2.15. The number of nitrogens with two attached hydrogens (primary N) is 1. The molecule has 0 aliphatic heterocycles. The molecule has 0 aliphatic carbocycles. The van der Waals surface area contributed by atoms with Crippen LogP contribution < -0.4 is 20.5 Å². The Bertz CT molecular complexity index is 932. The third-order valence-electron chi connectivity index (χ3n) is 3.49. The van der Waals surface area contributed by atoms with Gasteiger partial charge in [-0.25, -0.2) is 8.42 Å². The summed E-state index contributed by atoms with van der Waals surface area (Å²) in [5, 5.41) is 11.2. The summed E-state index contributed by atoms with van der Waals surface area (Å²) in [6.07, 6.45) is -0.547. The first-order chi connectivity index (χ1) is 13.7. The summed E-state index contributed by atoms with van der Waals surface area (Å²) < 4.78 is 32.3. The van der Waals surface area contributed by atoms with Crippen LogP contribution in [0.2, 0.25) is 0 Å². The van der Waals surface area contributed by atoms with E-state index in [0.29, 0.717) is 0 Å². The number of carboxylic acids is 1. The van der Waals surface area contributed by atoms with Crippen LogP contribution >= 0.6 is 0 Å². The van der Waals surface area contributed by atoms with Crippen LogP contribution in [0.3, 0.4) is 0 Å². The summed E-state index contributed by atoms with van der Waals surface area (Å²) in [6.45, 7) is 4.00. The molecule has 0 fully saturated rings. The van der Waals surface area contributed by atoms with Crippen LogP contribution in [0.5, 0.6) is 5.75 Å². The minimum Gasteiger partial charge on any atom is -0.495 e. The normalized spacial score (nSPS) is 11.4. The minimum atomic E-state index is -3.82. The van der Waals surface area contributed by atoms with E-state index in [1.807, 2.05) is 13.8 Å². The summed E-state index contributed by atoms with van der Waals surface area (Å²) in [4.78, 5) is 22.8. The topological polar surface area (TPSA) is 148 Å². The van der Waals surface area contributed by atoms with Crippen molar-refractivity contribution in [3.05, 3.63) is 48.5 Å². The second-order valence-electron chi connectivity index (χ2n) is 5.53. The highest BCUT2D eigenvalue weighted by Gasteiger charge is 2.20. The first-order valence-corrected chi connectivity index (χ1v) is 10.3. The standard InChI is InChI=1S/C17H19N3O6S.C2H6/c1-26-15-8-7-11(20-27(24,25)12-5-3-2-4-6-12)9-14(15)19-17(23)13(18)10-16(21)22;1-2/h2-9,13,20H,10,18H2,1H3,(H,19,23)(H,21,22);1-2H3/t13-;/m0./s1. The number of hydrogen-bond donors (Lipinski definition) is 4. The molecule has 29 heavy (non-hydrogen) atoms. The van der Waals surface area contributed by atoms with E-state index < -0.39 is 34.4 Å². The van der Waals surface area contributed by atoms with Gasteiger partial charge in [0.05, 0.1) is 35.8 Å². The third-order valence-corrected chi connectivity index (χ3v) is 4.89. The van der Waals surface area contributed by atoms with E-state index in [1.54, 1.807) is 18.2 Å². The van der Waals surface area contributed by atoms with E-state index in [0.717, 1.165) is 0 Å². The van der Waals surface area contributed by atoms with E-state index in [-0.39, 0.29) is 22.0 Å². The van der Waals surface area contributed by atoms with Gasteiger partial charge in [-0.15, -0.1) is 0 Å². The van der Waals surface area contributed by atoms with Crippen LogP contribution in [-0.2, 0) is 19.6 Å². The van der Waals surface area contributed by atoms with Crippen LogP contribution in [-0.4, -0.2) is 38.6 Å². The van der Waals surface area contributed by atoms with Gasteiger partial charge < -0.3 is 20.9 Å². The Morgan fingerprint density at radius 3 is 2.31 bits per heavy atom. The zero-order valence-corrected chi connectivity index (χ0v) is 17.2. The highest BCUT2D eigenvalue weighted by molar-refractivity contribution is 7.92. The molecule has 1 amide bonds. The molecular weight excluding hydrogens is 398 g/mol. The van der Waals surface area contributed by atoms with Crippen molar-refractivity contribution in [2.45, 2.75) is 31.2 Å². The zero-order valence-electron chi connectivity index (χ0n) is 16.4. The van der Waals surface area contributed by atoms with Crippen molar-refractivity contribution in [3.63, 3.8) is 0 Å². The number of benzene rings is 2. The molecule has 0 saturated heterocycles. The fraction of sp³-hybridized carbons (Fsp3) is 0.263. The molecule has 1 atom stereocenters.